The van der Waals surface area contributed by atoms with Gasteiger partial charge in [0.25, 0.3) is 0 Å². The largest absolute Gasteiger partial charge is 0.384 e. The number of allylic oxidation sites excluding steroid dienone is 1. The molecule has 0 amide bonds. The van der Waals surface area contributed by atoms with Crippen LogP contribution in [0.1, 0.15) is 29.6 Å². The van der Waals surface area contributed by atoms with Crippen LogP contribution >= 0.6 is 23.5 Å². The van der Waals surface area contributed by atoms with Gasteiger partial charge in [0.1, 0.15) is 11.9 Å². The van der Waals surface area contributed by atoms with Gasteiger partial charge in [-0.25, -0.2) is 4.39 Å². The molecule has 1 aromatic heterocycles. The molecule has 4 rings (SSSR count). The van der Waals surface area contributed by atoms with Gasteiger partial charge >= 0.3 is 0 Å². The van der Waals surface area contributed by atoms with Crippen molar-refractivity contribution in [3.8, 4) is 0 Å². The van der Waals surface area contributed by atoms with E-state index >= 15 is 0 Å². The van der Waals surface area contributed by atoms with Crippen LogP contribution in [-0.2, 0) is 0 Å². The third-order valence-corrected chi connectivity index (χ3v) is 7.00. The molecule has 2 aliphatic rings. The number of aliphatic hydroxyl groups is 1. The highest BCUT2D eigenvalue weighted by molar-refractivity contribution is 8.08. The summed E-state index contributed by atoms with van der Waals surface area (Å²) in [5, 5.41) is 11.1. The first-order valence-electron chi connectivity index (χ1n) is 8.27. The third-order valence-electron chi connectivity index (χ3n) is 4.51. The molecule has 3 heterocycles. The van der Waals surface area contributed by atoms with E-state index in [0.29, 0.717) is 0 Å². The lowest BCUT2D eigenvalue weighted by molar-refractivity contribution is 0.209. The SMILES string of the molecule is OC(C1=C(C2=CCCS2)SCC1c1cccc(F)c1)c1cccnc1. The summed E-state index contributed by atoms with van der Waals surface area (Å²) in [7, 11) is 0. The minimum Gasteiger partial charge on any atom is -0.384 e. The number of aromatic nitrogens is 1. The molecular weight excluding hydrogens is 353 g/mol. The summed E-state index contributed by atoms with van der Waals surface area (Å²) in [5.74, 6) is 1.68. The van der Waals surface area contributed by atoms with Gasteiger partial charge in [-0.3, -0.25) is 4.98 Å². The molecule has 1 N–H and O–H groups in total. The highest BCUT2D eigenvalue weighted by atomic mass is 32.2. The minimum atomic E-state index is -0.728. The van der Waals surface area contributed by atoms with Gasteiger partial charge in [0.2, 0.25) is 0 Å². The van der Waals surface area contributed by atoms with E-state index in [1.807, 2.05) is 30.0 Å². The van der Waals surface area contributed by atoms with Crippen molar-refractivity contribution in [3.05, 3.63) is 87.2 Å². The molecule has 2 atom stereocenters. The van der Waals surface area contributed by atoms with Gasteiger partial charge in [-0.2, -0.15) is 0 Å². The van der Waals surface area contributed by atoms with E-state index in [2.05, 4.69) is 11.1 Å². The summed E-state index contributed by atoms with van der Waals surface area (Å²) in [6, 6.07) is 10.5. The van der Waals surface area contributed by atoms with Gasteiger partial charge < -0.3 is 5.11 Å². The van der Waals surface area contributed by atoms with E-state index in [0.717, 1.165) is 39.5 Å². The first-order valence-corrected chi connectivity index (χ1v) is 10.2. The number of aliphatic hydroxyl groups excluding tert-OH is 1. The molecule has 0 saturated carbocycles. The van der Waals surface area contributed by atoms with Crippen LogP contribution in [0.3, 0.4) is 0 Å². The van der Waals surface area contributed by atoms with Crippen molar-refractivity contribution in [1.29, 1.82) is 0 Å². The number of nitrogens with zero attached hydrogens (tertiary/aromatic N) is 1. The summed E-state index contributed by atoms with van der Waals surface area (Å²) < 4.78 is 13.8. The van der Waals surface area contributed by atoms with Crippen molar-refractivity contribution in [2.24, 2.45) is 0 Å². The van der Waals surface area contributed by atoms with Gasteiger partial charge in [-0.05, 0) is 35.8 Å². The average Bonchev–Trinajstić information content (AvgIpc) is 3.31. The first-order chi connectivity index (χ1) is 12.2. The van der Waals surface area contributed by atoms with E-state index in [-0.39, 0.29) is 11.7 Å². The molecule has 0 radical (unpaired) electrons. The van der Waals surface area contributed by atoms with Gasteiger partial charge in [-0.1, -0.05) is 24.3 Å². The van der Waals surface area contributed by atoms with Crippen molar-refractivity contribution in [3.63, 3.8) is 0 Å². The lowest BCUT2D eigenvalue weighted by Crippen LogP contribution is -2.11. The Labute approximate surface area is 155 Å². The molecule has 5 heteroatoms. The molecule has 25 heavy (non-hydrogen) atoms. The van der Waals surface area contributed by atoms with E-state index in [1.165, 1.54) is 11.0 Å². The van der Waals surface area contributed by atoms with Crippen LogP contribution < -0.4 is 0 Å². The Morgan fingerprint density at radius 2 is 2.12 bits per heavy atom. The number of hydrogen-bond acceptors (Lipinski definition) is 4. The number of thioether (sulfide) groups is 2. The molecule has 0 aliphatic carbocycles. The zero-order valence-corrected chi connectivity index (χ0v) is 15.2. The Hall–Kier alpha value is -1.56. The number of rotatable bonds is 4. The summed E-state index contributed by atoms with van der Waals surface area (Å²) in [6.07, 6.45) is 5.99. The van der Waals surface area contributed by atoms with Gasteiger partial charge in [0, 0.05) is 45.2 Å². The molecule has 128 valence electrons. The molecule has 1 aromatic carbocycles. The van der Waals surface area contributed by atoms with Crippen LogP contribution in [0.2, 0.25) is 0 Å². The van der Waals surface area contributed by atoms with Crippen molar-refractivity contribution in [1.82, 2.24) is 4.98 Å². The lowest BCUT2D eigenvalue weighted by atomic mass is 9.86. The smallest absolute Gasteiger partial charge is 0.123 e. The van der Waals surface area contributed by atoms with Crippen LogP contribution in [0.15, 0.2) is 70.3 Å². The molecule has 0 bridgehead atoms. The second-order valence-electron chi connectivity index (χ2n) is 6.10. The highest BCUT2D eigenvalue weighted by Gasteiger charge is 2.35. The number of benzene rings is 1. The summed E-state index contributed by atoms with van der Waals surface area (Å²) >= 11 is 3.61. The standard InChI is InChI=1S/C20H18FNOS2/c21-15-6-1-4-13(10-15)16-12-25-20(17-7-3-9-24-17)18(16)19(23)14-5-2-8-22-11-14/h1-2,4-8,10-11,16,19,23H,3,9,12H2. The maximum Gasteiger partial charge on any atom is 0.123 e. The molecule has 2 nitrogen and oxygen atoms in total. The van der Waals surface area contributed by atoms with E-state index in [9.17, 15) is 9.50 Å². The Morgan fingerprint density at radius 3 is 2.84 bits per heavy atom. The molecule has 0 spiro atoms. The molecule has 2 unspecified atom stereocenters. The first kappa shape index (κ1) is 16.9. The predicted molar refractivity (Wildman–Crippen MR) is 103 cm³/mol. The fraction of sp³-hybridized carbons (Fsp3) is 0.250. The van der Waals surface area contributed by atoms with Crippen LogP contribution in [-0.4, -0.2) is 21.6 Å². The second-order valence-corrected chi connectivity index (χ2v) is 8.26. The monoisotopic (exact) mass is 371 g/mol. The van der Waals surface area contributed by atoms with Crippen LogP contribution in [0.4, 0.5) is 4.39 Å². The van der Waals surface area contributed by atoms with Gasteiger partial charge in [0.05, 0.1) is 0 Å². The lowest BCUT2D eigenvalue weighted by Gasteiger charge is -2.21. The second kappa shape index (κ2) is 7.36. The zero-order chi connectivity index (χ0) is 17.2. The quantitative estimate of drug-likeness (QED) is 0.814. The number of halogens is 1. The maximum atomic E-state index is 13.8. The fourth-order valence-electron chi connectivity index (χ4n) is 3.32. The molecule has 2 aromatic rings. The van der Waals surface area contributed by atoms with Crippen LogP contribution in [0, 0.1) is 5.82 Å². The Bertz CT molecular complexity index is 835. The van der Waals surface area contributed by atoms with E-state index < -0.39 is 6.10 Å². The van der Waals surface area contributed by atoms with Crippen molar-refractivity contribution < 1.29 is 9.50 Å². The van der Waals surface area contributed by atoms with Gasteiger partial charge in [0.15, 0.2) is 0 Å². The summed E-state index contributed by atoms with van der Waals surface area (Å²) in [6.45, 7) is 0. The van der Waals surface area contributed by atoms with Gasteiger partial charge in [-0.15, -0.1) is 23.5 Å². The molecule has 0 saturated heterocycles. The van der Waals surface area contributed by atoms with E-state index in [4.69, 9.17) is 0 Å². The molecule has 2 aliphatic heterocycles. The van der Waals surface area contributed by atoms with Crippen molar-refractivity contribution in [2.45, 2.75) is 18.4 Å². The summed E-state index contributed by atoms with van der Waals surface area (Å²) in [5.41, 5.74) is 2.68. The van der Waals surface area contributed by atoms with Crippen molar-refractivity contribution in [2.75, 3.05) is 11.5 Å². The maximum absolute atomic E-state index is 13.8. The summed E-state index contributed by atoms with van der Waals surface area (Å²) in [4.78, 5) is 6.55. The highest BCUT2D eigenvalue weighted by Crippen LogP contribution is 2.52. The minimum absolute atomic E-state index is 0.00741. The predicted octanol–water partition coefficient (Wildman–Crippen LogP) is 5.06. The molecule has 0 fully saturated rings. The number of pyridine rings is 1. The Balaban J connectivity index is 1.80. The van der Waals surface area contributed by atoms with Crippen molar-refractivity contribution >= 4 is 23.5 Å². The Morgan fingerprint density at radius 1 is 1.20 bits per heavy atom. The topological polar surface area (TPSA) is 33.1 Å². The van der Waals surface area contributed by atoms with Crippen LogP contribution in [0.5, 0.6) is 0 Å². The normalized spacial score (nSPS) is 21.5. The molecular formula is C20H18FNOS2. The van der Waals surface area contributed by atoms with Crippen LogP contribution in [0.25, 0.3) is 0 Å². The number of hydrogen-bond donors (Lipinski definition) is 1. The zero-order valence-electron chi connectivity index (χ0n) is 13.6. The third kappa shape index (κ3) is 3.41. The fourth-order valence-corrected chi connectivity index (χ4v) is 5.96. The Kier molecular flexibility index (Phi) is 4.97. The average molecular weight is 372 g/mol. The van der Waals surface area contributed by atoms with E-state index in [1.54, 1.807) is 36.3 Å².